The monoisotopic (exact) mass is 255 g/mol. The first-order valence-electron chi connectivity index (χ1n) is 6.89. The first kappa shape index (κ1) is 11.0. The highest BCUT2D eigenvalue weighted by molar-refractivity contribution is 5.46. The van der Waals surface area contributed by atoms with Crippen LogP contribution in [-0.4, -0.2) is 10.1 Å². The smallest absolute Gasteiger partial charge is 0.237 e. The second-order valence-corrected chi connectivity index (χ2v) is 5.98. The summed E-state index contributed by atoms with van der Waals surface area (Å²) < 4.78 is 5.53. The predicted octanol–water partition coefficient (Wildman–Crippen LogP) is 2.86. The van der Waals surface area contributed by atoms with Crippen LogP contribution in [0.1, 0.15) is 49.4 Å². The summed E-state index contributed by atoms with van der Waals surface area (Å²) in [6.07, 6.45) is 3.35. The number of nitrogen functional groups attached to an aromatic ring is 1. The molecule has 4 heteroatoms. The van der Waals surface area contributed by atoms with Crippen molar-refractivity contribution in [3.63, 3.8) is 0 Å². The minimum Gasteiger partial charge on any atom is -0.399 e. The molecule has 2 unspecified atom stereocenters. The maximum Gasteiger partial charge on any atom is 0.237 e. The van der Waals surface area contributed by atoms with Gasteiger partial charge in [-0.3, -0.25) is 0 Å². The third kappa shape index (κ3) is 1.66. The summed E-state index contributed by atoms with van der Waals surface area (Å²) in [7, 11) is 0. The van der Waals surface area contributed by atoms with Crippen LogP contribution < -0.4 is 5.73 Å². The summed E-state index contributed by atoms with van der Waals surface area (Å²) in [6, 6.07) is 8.03. The third-order valence-corrected chi connectivity index (χ3v) is 4.51. The average molecular weight is 255 g/mol. The minimum absolute atomic E-state index is 0.0446. The van der Waals surface area contributed by atoms with Crippen molar-refractivity contribution in [1.29, 1.82) is 0 Å². The van der Waals surface area contributed by atoms with Crippen LogP contribution in [0.15, 0.2) is 28.8 Å². The molecule has 98 valence electrons. The Hall–Kier alpha value is -1.84. The molecule has 0 amide bonds. The normalized spacial score (nSPS) is 27.2. The number of nitrogens with zero attached hydrogens (tertiary/aromatic N) is 2. The van der Waals surface area contributed by atoms with E-state index in [9.17, 15) is 0 Å². The fraction of sp³-hybridized carbons (Fsp3) is 0.467. The standard InChI is InChI=1S/C15H17N3O/c1-9-8-12(9)13-17-14(19-18-13)15(6-7-15)10-2-4-11(16)5-3-10/h2-5,9,12H,6-8,16H2,1H3. The van der Waals surface area contributed by atoms with Gasteiger partial charge in [0.25, 0.3) is 0 Å². The van der Waals surface area contributed by atoms with Crippen molar-refractivity contribution < 1.29 is 4.52 Å². The van der Waals surface area contributed by atoms with Crippen LogP contribution in [0.3, 0.4) is 0 Å². The van der Waals surface area contributed by atoms with Crippen LogP contribution >= 0.6 is 0 Å². The highest BCUT2D eigenvalue weighted by Gasteiger charge is 2.51. The summed E-state index contributed by atoms with van der Waals surface area (Å²) in [5.74, 6) is 2.90. The van der Waals surface area contributed by atoms with Gasteiger partial charge in [-0.25, -0.2) is 0 Å². The van der Waals surface area contributed by atoms with Gasteiger partial charge in [-0.1, -0.05) is 24.2 Å². The average Bonchev–Trinajstić information content (AvgIpc) is 3.31. The summed E-state index contributed by atoms with van der Waals surface area (Å²) in [4.78, 5) is 4.65. The first-order chi connectivity index (χ1) is 9.19. The SMILES string of the molecule is CC1CC1c1noc(C2(c3ccc(N)cc3)CC2)n1. The quantitative estimate of drug-likeness (QED) is 0.856. The van der Waals surface area contributed by atoms with Gasteiger partial charge in [0, 0.05) is 11.6 Å². The van der Waals surface area contributed by atoms with Crippen molar-refractivity contribution in [3.05, 3.63) is 41.5 Å². The van der Waals surface area contributed by atoms with E-state index in [4.69, 9.17) is 10.3 Å². The Morgan fingerprint density at radius 2 is 1.95 bits per heavy atom. The van der Waals surface area contributed by atoms with Gasteiger partial charge >= 0.3 is 0 Å². The largest absolute Gasteiger partial charge is 0.399 e. The number of hydrogen-bond donors (Lipinski definition) is 1. The second kappa shape index (κ2) is 3.59. The van der Waals surface area contributed by atoms with E-state index in [0.717, 1.165) is 30.2 Å². The molecule has 4 rings (SSSR count). The molecule has 2 N–H and O–H groups in total. The summed E-state index contributed by atoms with van der Waals surface area (Å²) in [6.45, 7) is 2.23. The third-order valence-electron chi connectivity index (χ3n) is 4.51. The first-order valence-corrected chi connectivity index (χ1v) is 6.89. The number of nitrogens with two attached hydrogens (primary N) is 1. The molecule has 0 saturated heterocycles. The second-order valence-electron chi connectivity index (χ2n) is 5.98. The predicted molar refractivity (Wildman–Crippen MR) is 71.7 cm³/mol. The van der Waals surface area contributed by atoms with E-state index in [1.54, 1.807) is 0 Å². The Morgan fingerprint density at radius 1 is 1.26 bits per heavy atom. The lowest BCUT2D eigenvalue weighted by atomic mass is 9.96. The molecule has 2 aliphatic carbocycles. The van der Waals surface area contributed by atoms with E-state index < -0.39 is 0 Å². The van der Waals surface area contributed by atoms with Crippen LogP contribution in [0.2, 0.25) is 0 Å². The zero-order valence-corrected chi connectivity index (χ0v) is 11.0. The number of anilines is 1. The van der Waals surface area contributed by atoms with Gasteiger partial charge in [0.15, 0.2) is 5.82 Å². The zero-order valence-electron chi connectivity index (χ0n) is 11.0. The van der Waals surface area contributed by atoms with E-state index in [1.165, 1.54) is 12.0 Å². The van der Waals surface area contributed by atoms with Crippen LogP contribution in [0.25, 0.3) is 0 Å². The molecular formula is C15H17N3O. The topological polar surface area (TPSA) is 64.9 Å². The highest BCUT2D eigenvalue weighted by atomic mass is 16.5. The minimum atomic E-state index is -0.0446. The molecule has 1 aromatic heterocycles. The highest BCUT2D eigenvalue weighted by Crippen LogP contribution is 2.54. The summed E-state index contributed by atoms with van der Waals surface area (Å²) >= 11 is 0. The van der Waals surface area contributed by atoms with E-state index in [0.29, 0.717) is 11.8 Å². The van der Waals surface area contributed by atoms with Crippen molar-refractivity contribution >= 4 is 5.69 Å². The fourth-order valence-corrected chi connectivity index (χ4v) is 2.81. The van der Waals surface area contributed by atoms with Crippen LogP contribution in [0.5, 0.6) is 0 Å². The molecule has 1 aromatic carbocycles. The van der Waals surface area contributed by atoms with Crippen molar-refractivity contribution in [2.75, 3.05) is 5.73 Å². The number of benzene rings is 1. The molecule has 4 nitrogen and oxygen atoms in total. The summed E-state index contributed by atoms with van der Waals surface area (Å²) in [5, 5.41) is 4.17. The Bertz CT molecular complexity index is 613. The maximum atomic E-state index is 5.75. The van der Waals surface area contributed by atoms with E-state index in [-0.39, 0.29) is 5.41 Å². The van der Waals surface area contributed by atoms with Gasteiger partial charge in [-0.15, -0.1) is 0 Å². The van der Waals surface area contributed by atoms with Gasteiger partial charge in [-0.2, -0.15) is 4.98 Å². The molecule has 0 aliphatic heterocycles. The molecule has 2 atom stereocenters. The van der Waals surface area contributed by atoms with Crippen LogP contribution in [0.4, 0.5) is 5.69 Å². The Balaban J connectivity index is 1.67. The molecule has 2 saturated carbocycles. The Morgan fingerprint density at radius 3 is 2.53 bits per heavy atom. The number of hydrogen-bond acceptors (Lipinski definition) is 4. The zero-order chi connectivity index (χ0) is 13.0. The Labute approximate surface area is 112 Å². The van der Waals surface area contributed by atoms with Crippen molar-refractivity contribution in [1.82, 2.24) is 10.1 Å². The fourth-order valence-electron chi connectivity index (χ4n) is 2.81. The molecule has 0 radical (unpaired) electrons. The van der Waals surface area contributed by atoms with E-state index in [2.05, 4.69) is 29.2 Å². The van der Waals surface area contributed by atoms with Gasteiger partial charge in [0.05, 0.1) is 5.41 Å². The van der Waals surface area contributed by atoms with Gasteiger partial charge < -0.3 is 10.3 Å². The molecule has 19 heavy (non-hydrogen) atoms. The van der Waals surface area contributed by atoms with Gasteiger partial charge in [0.2, 0.25) is 5.89 Å². The van der Waals surface area contributed by atoms with Gasteiger partial charge in [-0.05, 0) is 42.9 Å². The molecule has 2 aromatic rings. The molecular weight excluding hydrogens is 238 g/mol. The Kier molecular flexibility index (Phi) is 2.08. The number of aromatic nitrogens is 2. The lowest BCUT2D eigenvalue weighted by Crippen LogP contribution is -2.09. The molecule has 1 heterocycles. The van der Waals surface area contributed by atoms with Gasteiger partial charge in [0.1, 0.15) is 0 Å². The lowest BCUT2D eigenvalue weighted by Gasteiger charge is -2.10. The summed E-state index contributed by atoms with van der Waals surface area (Å²) in [5.41, 5.74) is 7.73. The van der Waals surface area contributed by atoms with Crippen LogP contribution in [0, 0.1) is 5.92 Å². The molecule has 2 aliphatic rings. The molecule has 0 spiro atoms. The van der Waals surface area contributed by atoms with Crippen molar-refractivity contribution in [3.8, 4) is 0 Å². The van der Waals surface area contributed by atoms with E-state index in [1.807, 2.05) is 12.1 Å². The van der Waals surface area contributed by atoms with Crippen molar-refractivity contribution in [2.24, 2.45) is 5.92 Å². The lowest BCUT2D eigenvalue weighted by molar-refractivity contribution is 0.355. The molecule has 0 bridgehead atoms. The van der Waals surface area contributed by atoms with Crippen molar-refractivity contribution in [2.45, 2.75) is 37.5 Å². The number of rotatable bonds is 3. The van der Waals surface area contributed by atoms with Crippen LogP contribution in [-0.2, 0) is 5.41 Å². The van der Waals surface area contributed by atoms with E-state index >= 15 is 0 Å². The molecule has 2 fully saturated rings. The maximum absolute atomic E-state index is 5.75.